The molecule has 2 N–H and O–H groups in total. The molecule has 0 bridgehead atoms. The van der Waals surface area contributed by atoms with Crippen LogP contribution in [0.15, 0.2) is 30.3 Å². The number of carbonyl (C=O) groups is 2. The number of ether oxygens (including phenoxy) is 3. The number of methoxy groups -OCH3 is 1. The van der Waals surface area contributed by atoms with E-state index in [0.717, 1.165) is 12.1 Å². The van der Waals surface area contributed by atoms with Gasteiger partial charge in [-0.05, 0) is 25.6 Å². The number of alkyl halides is 2. The summed E-state index contributed by atoms with van der Waals surface area (Å²) in [5.41, 5.74) is 0.861. The molecule has 1 fully saturated rings. The largest absolute Gasteiger partial charge is 0.467 e. The van der Waals surface area contributed by atoms with E-state index in [2.05, 4.69) is 5.32 Å². The van der Waals surface area contributed by atoms with Gasteiger partial charge in [0.15, 0.2) is 0 Å². The predicted octanol–water partition coefficient (Wildman–Crippen LogP) is 1.75. The number of aliphatic hydroxyl groups is 1. The highest BCUT2D eigenvalue weighted by atomic mass is 35.5. The van der Waals surface area contributed by atoms with Crippen molar-refractivity contribution in [1.29, 1.82) is 0 Å². The second-order valence-corrected chi connectivity index (χ2v) is 8.89. The zero-order valence-electron chi connectivity index (χ0n) is 18.6. The summed E-state index contributed by atoms with van der Waals surface area (Å²) in [6.45, 7) is 3.17. The van der Waals surface area contributed by atoms with Crippen molar-refractivity contribution in [2.45, 2.75) is 48.8 Å². The Bertz CT molecular complexity index is 726. The average Bonchev–Trinajstić information content (AvgIpc) is 2.80. The van der Waals surface area contributed by atoms with Crippen LogP contribution in [-0.4, -0.2) is 85.1 Å². The van der Waals surface area contributed by atoms with Crippen LogP contribution in [0.4, 0.5) is 0 Å². The summed E-state index contributed by atoms with van der Waals surface area (Å²) in [7, 11) is 3.16. The minimum atomic E-state index is -1.20. The molecule has 2 rings (SSSR count). The van der Waals surface area contributed by atoms with E-state index in [9.17, 15) is 14.7 Å². The fourth-order valence-electron chi connectivity index (χ4n) is 3.47. The lowest BCUT2D eigenvalue weighted by Gasteiger charge is -2.39. The van der Waals surface area contributed by atoms with Crippen molar-refractivity contribution in [3.05, 3.63) is 35.9 Å². The van der Waals surface area contributed by atoms with Gasteiger partial charge in [0.1, 0.15) is 19.6 Å². The molecule has 8 nitrogen and oxygen atoms in total. The first-order valence-electron chi connectivity index (χ1n) is 10.5. The number of esters is 1. The zero-order chi connectivity index (χ0) is 23.7. The molecule has 0 saturated heterocycles. The molecule has 1 aliphatic carbocycles. The Labute approximate surface area is 199 Å². The maximum absolute atomic E-state index is 12.9. The first kappa shape index (κ1) is 26.8. The van der Waals surface area contributed by atoms with Gasteiger partial charge < -0.3 is 24.6 Å². The normalized spacial score (nSPS) is 26.5. The van der Waals surface area contributed by atoms with Gasteiger partial charge in [0.25, 0.3) is 0 Å². The number of carbonyl (C=O) groups excluding carboxylic acids is 2. The first-order valence-corrected chi connectivity index (χ1v) is 11.4. The van der Waals surface area contributed by atoms with E-state index in [1.165, 1.54) is 7.11 Å². The zero-order valence-corrected chi connectivity index (χ0v) is 20.1. The van der Waals surface area contributed by atoms with E-state index < -0.39 is 46.8 Å². The molecule has 6 atom stereocenters. The van der Waals surface area contributed by atoms with Crippen LogP contribution < -0.4 is 5.32 Å². The van der Waals surface area contributed by atoms with Crippen LogP contribution in [0, 0.1) is 5.92 Å². The van der Waals surface area contributed by atoms with Gasteiger partial charge in [0, 0.05) is 6.42 Å². The molecule has 0 aromatic heterocycles. The van der Waals surface area contributed by atoms with E-state index in [1.807, 2.05) is 49.2 Å². The van der Waals surface area contributed by atoms with E-state index >= 15 is 0 Å². The molecule has 180 valence electrons. The van der Waals surface area contributed by atoms with E-state index in [4.69, 9.17) is 37.4 Å². The highest BCUT2D eigenvalue weighted by Crippen LogP contribution is 2.34. The smallest absolute Gasteiger partial charge is 0.328 e. The van der Waals surface area contributed by atoms with Gasteiger partial charge in [-0.1, -0.05) is 37.3 Å². The van der Waals surface area contributed by atoms with Crippen molar-refractivity contribution >= 4 is 35.1 Å². The number of hydrogen-bond acceptors (Lipinski definition) is 7. The fourth-order valence-corrected chi connectivity index (χ4v) is 4.39. The van der Waals surface area contributed by atoms with Crippen molar-refractivity contribution < 1.29 is 28.9 Å². The van der Waals surface area contributed by atoms with E-state index in [-0.39, 0.29) is 19.6 Å². The highest BCUT2D eigenvalue weighted by molar-refractivity contribution is 6.25. The minimum Gasteiger partial charge on any atom is -0.467 e. The maximum Gasteiger partial charge on any atom is 0.328 e. The summed E-state index contributed by atoms with van der Waals surface area (Å²) < 4.78 is 15.9. The van der Waals surface area contributed by atoms with Crippen molar-refractivity contribution in [3.63, 3.8) is 0 Å². The maximum atomic E-state index is 12.9. The Morgan fingerprint density at radius 2 is 1.97 bits per heavy atom. The Balaban J connectivity index is 1.97. The average molecular weight is 491 g/mol. The first-order chi connectivity index (χ1) is 15.3. The molecule has 0 aliphatic heterocycles. The number of rotatable bonds is 11. The number of benzene rings is 1. The molecule has 32 heavy (non-hydrogen) atoms. The van der Waals surface area contributed by atoms with Crippen LogP contribution in [0.1, 0.15) is 18.9 Å². The van der Waals surface area contributed by atoms with Gasteiger partial charge >= 0.3 is 5.97 Å². The third-order valence-corrected chi connectivity index (χ3v) is 6.44. The van der Waals surface area contributed by atoms with Gasteiger partial charge in [0.2, 0.25) is 5.91 Å². The molecule has 0 radical (unpaired) electrons. The van der Waals surface area contributed by atoms with Gasteiger partial charge in [-0.2, -0.15) is 0 Å². The molecule has 0 spiro atoms. The molecule has 1 saturated carbocycles. The van der Waals surface area contributed by atoms with E-state index in [0.29, 0.717) is 6.73 Å². The summed E-state index contributed by atoms with van der Waals surface area (Å²) in [6, 6.07) is 8.35. The number of aliphatic hydroxyl groups excluding tert-OH is 1. The molecule has 5 unspecified atom stereocenters. The predicted molar refractivity (Wildman–Crippen MR) is 121 cm³/mol. The van der Waals surface area contributed by atoms with Crippen LogP contribution in [0.2, 0.25) is 0 Å². The second-order valence-electron chi connectivity index (χ2n) is 7.82. The Hall–Kier alpha value is -1.42. The standard InChI is InChI=1S/C22H32Cl2N2O6/c1-4-26(2)12-31-13-32-20-16(23)11-15(19(27)18(20)24)21(28)25-17(22(29)30-3)10-14-8-6-5-7-9-14/h5-9,15-20,27H,4,10-13H2,1-3H3,(H,25,28)/t15?,16?,17-,18?,19?,20?/m0/s1. The molecule has 1 amide bonds. The molecule has 1 aliphatic rings. The quantitative estimate of drug-likeness (QED) is 0.211. The van der Waals surface area contributed by atoms with Crippen LogP contribution in [0.3, 0.4) is 0 Å². The lowest BCUT2D eigenvalue weighted by atomic mass is 9.83. The Morgan fingerprint density at radius 3 is 2.59 bits per heavy atom. The molecule has 0 heterocycles. The SMILES string of the molecule is CCN(C)COCOC1C(Cl)CC(C(=O)N[C@@H](Cc2ccccc2)C(=O)OC)C(O)C1Cl. The third kappa shape index (κ3) is 7.57. The van der Waals surface area contributed by atoms with Crippen LogP contribution in [-0.2, 0) is 30.2 Å². The molecular weight excluding hydrogens is 459 g/mol. The summed E-state index contributed by atoms with van der Waals surface area (Å²) >= 11 is 12.8. The number of halogens is 2. The molecular formula is C22H32Cl2N2O6. The van der Waals surface area contributed by atoms with Crippen molar-refractivity contribution in [2.24, 2.45) is 5.92 Å². The Kier molecular flexibility index (Phi) is 11.2. The summed E-state index contributed by atoms with van der Waals surface area (Å²) in [4.78, 5) is 27.1. The summed E-state index contributed by atoms with van der Waals surface area (Å²) in [6.07, 6.45) is -1.50. The Morgan fingerprint density at radius 1 is 1.28 bits per heavy atom. The second kappa shape index (κ2) is 13.3. The number of nitrogens with one attached hydrogen (secondary N) is 1. The molecule has 1 aromatic carbocycles. The van der Waals surface area contributed by atoms with Crippen LogP contribution >= 0.6 is 23.2 Å². The van der Waals surface area contributed by atoms with Crippen molar-refractivity contribution in [2.75, 3.05) is 34.2 Å². The summed E-state index contributed by atoms with van der Waals surface area (Å²) in [5.74, 6) is -1.98. The topological polar surface area (TPSA) is 97.3 Å². The van der Waals surface area contributed by atoms with Gasteiger partial charge in [0.05, 0.1) is 36.0 Å². The van der Waals surface area contributed by atoms with Crippen molar-refractivity contribution in [1.82, 2.24) is 10.2 Å². The van der Waals surface area contributed by atoms with Gasteiger partial charge in [-0.15, -0.1) is 23.2 Å². The summed E-state index contributed by atoms with van der Waals surface area (Å²) in [5, 5.41) is 11.8. The van der Waals surface area contributed by atoms with Crippen LogP contribution in [0.5, 0.6) is 0 Å². The number of hydrogen-bond donors (Lipinski definition) is 2. The van der Waals surface area contributed by atoms with Crippen molar-refractivity contribution in [3.8, 4) is 0 Å². The minimum absolute atomic E-state index is 0.0352. The number of nitrogens with zero attached hydrogens (tertiary/aromatic N) is 1. The number of amides is 1. The highest BCUT2D eigenvalue weighted by Gasteiger charge is 2.46. The molecule has 1 aromatic rings. The van der Waals surface area contributed by atoms with Crippen LogP contribution in [0.25, 0.3) is 0 Å². The monoisotopic (exact) mass is 490 g/mol. The third-order valence-electron chi connectivity index (χ3n) is 5.50. The van der Waals surface area contributed by atoms with Gasteiger partial charge in [-0.3, -0.25) is 9.69 Å². The fraction of sp³-hybridized carbons (Fsp3) is 0.636. The van der Waals surface area contributed by atoms with E-state index in [1.54, 1.807) is 0 Å². The van der Waals surface area contributed by atoms with Gasteiger partial charge in [-0.25, -0.2) is 4.79 Å². The lowest BCUT2D eigenvalue weighted by Crippen LogP contribution is -2.56. The molecule has 10 heteroatoms. The lowest BCUT2D eigenvalue weighted by molar-refractivity contribution is -0.149.